The number of piperidine rings is 4. The van der Waals surface area contributed by atoms with E-state index in [1.165, 1.54) is 25.9 Å². The molecule has 0 radical (unpaired) electrons. The van der Waals surface area contributed by atoms with E-state index < -0.39 is 0 Å². The van der Waals surface area contributed by atoms with Crippen LogP contribution in [0.1, 0.15) is 47.8 Å². The Hall–Kier alpha value is -0.760. The van der Waals surface area contributed by atoms with Gasteiger partial charge in [-0.1, -0.05) is 6.07 Å². The summed E-state index contributed by atoms with van der Waals surface area (Å²) in [5.41, 5.74) is 2.09. The molecule has 176 valence electrons. The van der Waals surface area contributed by atoms with Crippen LogP contribution >= 0.6 is 49.6 Å². The summed E-state index contributed by atoms with van der Waals surface area (Å²) in [4.78, 5) is 22.6. The lowest BCUT2D eigenvalue weighted by molar-refractivity contribution is 0.0621. The predicted octanol–water partition coefficient (Wildman–Crippen LogP) is 4.15. The van der Waals surface area contributed by atoms with Gasteiger partial charge >= 0.3 is 0 Å². The minimum atomic E-state index is -0.0115. The number of hydrogen-bond acceptors (Lipinski definition) is 5. The summed E-state index contributed by atoms with van der Waals surface area (Å²) in [6, 6.07) is 5.96. The molecule has 2 aromatic rings. The number of benzene rings is 1. The van der Waals surface area contributed by atoms with E-state index >= 15 is 0 Å². The Labute approximate surface area is 208 Å². The van der Waals surface area contributed by atoms with Gasteiger partial charge in [0.15, 0.2) is 11.5 Å². The van der Waals surface area contributed by atoms with Crippen molar-refractivity contribution in [1.29, 1.82) is 0 Å². The number of aromatic nitrogens is 1. The van der Waals surface area contributed by atoms with Gasteiger partial charge in [0, 0.05) is 18.5 Å². The first-order valence-corrected chi connectivity index (χ1v) is 10.3. The molecule has 4 fully saturated rings. The lowest BCUT2D eigenvalue weighted by atomic mass is 9.84. The standard InChI is InChI=1S/C21H28N4O2.4ClH/c1-24-9-5-15(6-10-24)21-23-19-16(3-2-4-18(19)27-21)20(26)22-17-13-25-11-7-14(17)8-12-25;;;;/h2-4,14-15,17H,5-13H2,1H3,(H,22,26);4*1H. The van der Waals surface area contributed by atoms with E-state index in [-0.39, 0.29) is 61.6 Å². The average molecular weight is 514 g/mol. The zero-order valence-corrected chi connectivity index (χ0v) is 20.9. The van der Waals surface area contributed by atoms with E-state index in [1.807, 2.05) is 18.2 Å². The van der Waals surface area contributed by atoms with Gasteiger partial charge < -0.3 is 19.5 Å². The fraction of sp³-hybridized carbons (Fsp3) is 0.619. The molecule has 1 aromatic heterocycles. The van der Waals surface area contributed by atoms with Crippen molar-refractivity contribution >= 4 is 66.6 Å². The highest BCUT2D eigenvalue weighted by atomic mass is 35.5. The first-order valence-electron chi connectivity index (χ1n) is 10.3. The summed E-state index contributed by atoms with van der Waals surface area (Å²) in [7, 11) is 2.15. The second kappa shape index (κ2) is 11.9. The smallest absolute Gasteiger partial charge is 0.253 e. The molecule has 4 saturated heterocycles. The summed E-state index contributed by atoms with van der Waals surface area (Å²) in [5, 5.41) is 3.28. The Kier molecular flexibility index (Phi) is 10.9. The lowest BCUT2D eigenvalue weighted by Gasteiger charge is -2.44. The molecule has 6 rings (SSSR count). The molecule has 0 spiro atoms. The van der Waals surface area contributed by atoms with Gasteiger partial charge in [-0.15, -0.1) is 49.6 Å². The molecule has 1 N–H and O–H groups in total. The number of amides is 1. The Morgan fingerprint density at radius 2 is 1.71 bits per heavy atom. The fourth-order valence-electron chi connectivity index (χ4n) is 4.95. The van der Waals surface area contributed by atoms with Crippen LogP contribution in [0.4, 0.5) is 0 Å². The maximum atomic E-state index is 13.0. The summed E-state index contributed by atoms with van der Waals surface area (Å²) in [6.45, 7) is 5.46. The molecule has 1 unspecified atom stereocenters. The third kappa shape index (κ3) is 5.79. The van der Waals surface area contributed by atoms with E-state index in [0.29, 0.717) is 22.9 Å². The van der Waals surface area contributed by atoms with Crippen LogP contribution in [0, 0.1) is 5.92 Å². The minimum Gasteiger partial charge on any atom is -0.440 e. The van der Waals surface area contributed by atoms with Crippen molar-refractivity contribution in [3.05, 3.63) is 29.7 Å². The molecule has 6 nitrogen and oxygen atoms in total. The summed E-state index contributed by atoms with van der Waals surface area (Å²) < 4.78 is 6.06. The van der Waals surface area contributed by atoms with Gasteiger partial charge in [0.2, 0.25) is 0 Å². The minimum absolute atomic E-state index is 0. The molecule has 2 bridgehead atoms. The molecule has 5 heterocycles. The number of likely N-dealkylation sites (tertiary alicyclic amines) is 1. The van der Waals surface area contributed by atoms with Gasteiger partial charge in [-0.25, -0.2) is 4.98 Å². The fourth-order valence-corrected chi connectivity index (χ4v) is 4.95. The molecule has 4 aliphatic rings. The number of hydrogen-bond donors (Lipinski definition) is 1. The number of nitrogens with one attached hydrogen (secondary N) is 1. The molecule has 4 aliphatic heterocycles. The quantitative estimate of drug-likeness (QED) is 0.668. The van der Waals surface area contributed by atoms with Crippen LogP contribution in [0.2, 0.25) is 0 Å². The summed E-state index contributed by atoms with van der Waals surface area (Å²) >= 11 is 0. The lowest BCUT2D eigenvalue weighted by Crippen LogP contribution is -2.57. The monoisotopic (exact) mass is 512 g/mol. The topological polar surface area (TPSA) is 61.6 Å². The van der Waals surface area contributed by atoms with Crippen LogP contribution in [-0.4, -0.2) is 66.5 Å². The maximum Gasteiger partial charge on any atom is 0.253 e. The first-order chi connectivity index (χ1) is 13.2. The number of carbonyl (C=O) groups is 1. The number of oxazole rings is 1. The molecular weight excluding hydrogens is 482 g/mol. The molecule has 10 heteroatoms. The Bertz CT molecular complexity index is 849. The van der Waals surface area contributed by atoms with Gasteiger partial charge in [-0.3, -0.25) is 4.79 Å². The second-order valence-corrected chi connectivity index (χ2v) is 8.50. The zero-order chi connectivity index (χ0) is 18.4. The molecular formula is C21H32Cl4N4O2. The van der Waals surface area contributed by atoms with Gasteiger partial charge in [-0.2, -0.15) is 0 Å². The van der Waals surface area contributed by atoms with Crippen molar-refractivity contribution in [2.75, 3.05) is 39.8 Å². The number of fused-ring (bicyclic) bond motifs is 4. The Morgan fingerprint density at radius 3 is 2.32 bits per heavy atom. The third-order valence-electron chi connectivity index (χ3n) is 6.72. The number of para-hydroxylation sites is 1. The van der Waals surface area contributed by atoms with Crippen molar-refractivity contribution in [3.8, 4) is 0 Å². The average Bonchev–Trinajstić information content (AvgIpc) is 3.13. The molecule has 1 aromatic carbocycles. The zero-order valence-electron chi connectivity index (χ0n) is 17.6. The third-order valence-corrected chi connectivity index (χ3v) is 6.72. The van der Waals surface area contributed by atoms with Crippen LogP contribution in [0.3, 0.4) is 0 Å². The van der Waals surface area contributed by atoms with Gasteiger partial charge in [0.25, 0.3) is 5.91 Å². The van der Waals surface area contributed by atoms with Crippen molar-refractivity contribution in [1.82, 2.24) is 20.1 Å². The van der Waals surface area contributed by atoms with Crippen LogP contribution in [0.25, 0.3) is 11.1 Å². The van der Waals surface area contributed by atoms with Gasteiger partial charge in [0.1, 0.15) is 5.52 Å². The number of nitrogens with zero attached hydrogens (tertiary/aromatic N) is 3. The Balaban J connectivity index is 0.00000120. The maximum absolute atomic E-state index is 13.0. The SMILES string of the molecule is CN1CCC(c2nc3c(C(=O)NC4CN5CCC4CC5)cccc3o2)CC1.Cl.Cl.Cl.Cl. The highest BCUT2D eigenvalue weighted by molar-refractivity contribution is 6.04. The molecule has 1 amide bonds. The van der Waals surface area contributed by atoms with E-state index in [0.717, 1.165) is 43.9 Å². The highest BCUT2D eigenvalue weighted by Gasteiger charge is 2.35. The van der Waals surface area contributed by atoms with Crippen molar-refractivity contribution in [2.45, 2.75) is 37.6 Å². The predicted molar refractivity (Wildman–Crippen MR) is 133 cm³/mol. The highest BCUT2D eigenvalue weighted by Crippen LogP contribution is 2.31. The van der Waals surface area contributed by atoms with E-state index in [4.69, 9.17) is 9.40 Å². The molecule has 0 aliphatic carbocycles. The summed E-state index contributed by atoms with van der Waals surface area (Å²) in [6.07, 6.45) is 4.51. The van der Waals surface area contributed by atoms with Crippen LogP contribution in [-0.2, 0) is 0 Å². The van der Waals surface area contributed by atoms with Gasteiger partial charge in [-0.05, 0) is 77.0 Å². The van der Waals surface area contributed by atoms with Crippen molar-refractivity contribution in [2.24, 2.45) is 5.92 Å². The Morgan fingerprint density at radius 1 is 1.03 bits per heavy atom. The van der Waals surface area contributed by atoms with Crippen LogP contribution in [0.5, 0.6) is 0 Å². The number of carbonyl (C=O) groups excluding carboxylic acids is 1. The van der Waals surface area contributed by atoms with Crippen molar-refractivity contribution in [3.63, 3.8) is 0 Å². The number of halogens is 4. The largest absolute Gasteiger partial charge is 0.440 e. The van der Waals surface area contributed by atoms with E-state index in [9.17, 15) is 4.79 Å². The molecule has 31 heavy (non-hydrogen) atoms. The van der Waals surface area contributed by atoms with Crippen LogP contribution < -0.4 is 5.32 Å². The van der Waals surface area contributed by atoms with E-state index in [2.05, 4.69) is 22.2 Å². The second-order valence-electron chi connectivity index (χ2n) is 8.50. The van der Waals surface area contributed by atoms with E-state index in [1.54, 1.807) is 0 Å². The van der Waals surface area contributed by atoms with Gasteiger partial charge in [0.05, 0.1) is 5.56 Å². The molecule has 1 atom stereocenters. The van der Waals surface area contributed by atoms with Crippen molar-refractivity contribution < 1.29 is 9.21 Å². The number of rotatable bonds is 3. The summed E-state index contributed by atoms with van der Waals surface area (Å²) in [5.74, 6) is 1.75. The normalized spacial score (nSPS) is 25.5. The molecule has 0 saturated carbocycles. The first kappa shape index (κ1) is 28.3. The van der Waals surface area contributed by atoms with Crippen LogP contribution in [0.15, 0.2) is 22.6 Å².